The van der Waals surface area contributed by atoms with Crippen LogP contribution >= 0.6 is 0 Å². The van der Waals surface area contributed by atoms with Gasteiger partial charge in [-0.2, -0.15) is 0 Å². The van der Waals surface area contributed by atoms with Crippen LogP contribution < -0.4 is 0 Å². The van der Waals surface area contributed by atoms with Crippen LogP contribution in [0, 0.1) is 5.92 Å². The van der Waals surface area contributed by atoms with Crippen LogP contribution in [0.5, 0.6) is 0 Å². The molecule has 0 aromatic rings. The summed E-state index contributed by atoms with van der Waals surface area (Å²) in [6.45, 7) is 6.76. The van der Waals surface area contributed by atoms with Gasteiger partial charge in [-0.25, -0.2) is 0 Å². The lowest BCUT2D eigenvalue weighted by Crippen LogP contribution is -2.50. The summed E-state index contributed by atoms with van der Waals surface area (Å²) in [7, 11) is 1.82. The van der Waals surface area contributed by atoms with Gasteiger partial charge in [-0.15, -0.1) is 0 Å². The summed E-state index contributed by atoms with van der Waals surface area (Å²) in [4.78, 5) is 12.5. The Hall–Kier alpha value is -0.610. The highest BCUT2D eigenvalue weighted by molar-refractivity contribution is 5.70. The fourth-order valence-corrected chi connectivity index (χ4v) is 1.85. The molecule has 1 saturated heterocycles. The van der Waals surface area contributed by atoms with Gasteiger partial charge in [-0.05, 0) is 20.4 Å². The quantitative estimate of drug-likeness (QED) is 0.661. The van der Waals surface area contributed by atoms with E-state index in [0.717, 1.165) is 0 Å². The Balaban J connectivity index is 0.000000791. The zero-order valence-electron chi connectivity index (χ0n) is 9.45. The Morgan fingerprint density at radius 2 is 2.00 bits per heavy atom. The lowest BCUT2D eigenvalue weighted by atomic mass is 9.87. The highest BCUT2D eigenvalue weighted by atomic mass is 16.4. The number of carboxylic acid groups (broad SMARTS) is 1. The topological polar surface area (TPSA) is 60.8 Å². The minimum absolute atomic E-state index is 0.354. The smallest absolute Gasteiger partial charge is 0.307 e. The highest BCUT2D eigenvalue weighted by Crippen LogP contribution is 2.24. The SMILES string of the molecule is CC.CN1CC(C(=O)O)CC(C)(O)C1. The first-order chi connectivity index (χ1) is 6.41. The van der Waals surface area contributed by atoms with Crippen molar-refractivity contribution in [2.45, 2.75) is 32.8 Å². The summed E-state index contributed by atoms with van der Waals surface area (Å²) < 4.78 is 0. The molecule has 0 saturated carbocycles. The van der Waals surface area contributed by atoms with Gasteiger partial charge in [-0.3, -0.25) is 4.79 Å². The summed E-state index contributed by atoms with van der Waals surface area (Å²) in [5.41, 5.74) is -0.851. The van der Waals surface area contributed by atoms with Crippen molar-refractivity contribution >= 4 is 5.97 Å². The van der Waals surface area contributed by atoms with Gasteiger partial charge in [0.05, 0.1) is 11.5 Å². The molecular formula is C10H21NO3. The molecule has 14 heavy (non-hydrogen) atoms. The minimum atomic E-state index is -0.851. The first-order valence-electron chi connectivity index (χ1n) is 5.04. The number of aliphatic carboxylic acids is 1. The number of β-amino-alcohol motifs (C(OH)–C–C–N with tert-alkyl or cyclic N) is 1. The van der Waals surface area contributed by atoms with E-state index in [2.05, 4.69) is 0 Å². The molecule has 4 heteroatoms. The Kier molecular flexibility index (Phi) is 5.08. The van der Waals surface area contributed by atoms with Crippen molar-refractivity contribution < 1.29 is 15.0 Å². The van der Waals surface area contributed by atoms with Gasteiger partial charge < -0.3 is 15.1 Å². The third kappa shape index (κ3) is 4.07. The maximum absolute atomic E-state index is 10.6. The molecule has 2 atom stereocenters. The molecular weight excluding hydrogens is 182 g/mol. The molecule has 1 heterocycles. The number of likely N-dealkylation sites (N-methyl/N-ethyl adjacent to an activating group) is 1. The Morgan fingerprint density at radius 3 is 2.36 bits per heavy atom. The minimum Gasteiger partial charge on any atom is -0.481 e. The molecule has 0 aromatic heterocycles. The second kappa shape index (κ2) is 5.32. The van der Waals surface area contributed by atoms with Gasteiger partial charge in [0.1, 0.15) is 0 Å². The molecule has 0 bridgehead atoms. The van der Waals surface area contributed by atoms with Crippen molar-refractivity contribution in [2.24, 2.45) is 5.92 Å². The van der Waals surface area contributed by atoms with Crippen molar-refractivity contribution in [3.63, 3.8) is 0 Å². The average molecular weight is 203 g/mol. The summed E-state index contributed by atoms with van der Waals surface area (Å²) in [5.74, 6) is -1.25. The second-order valence-corrected chi connectivity index (χ2v) is 3.93. The molecule has 0 spiro atoms. The van der Waals surface area contributed by atoms with E-state index in [1.54, 1.807) is 6.92 Å². The predicted octanol–water partition coefficient (Wildman–Crippen LogP) is 0.800. The number of aliphatic hydroxyl groups is 1. The maximum atomic E-state index is 10.6. The number of likely N-dealkylation sites (tertiary alicyclic amines) is 1. The molecule has 2 unspecified atom stereocenters. The van der Waals surface area contributed by atoms with Crippen molar-refractivity contribution in [3.05, 3.63) is 0 Å². The number of carboxylic acids is 1. The summed E-state index contributed by atoms with van der Waals surface area (Å²) in [5, 5.41) is 18.4. The van der Waals surface area contributed by atoms with Gasteiger partial charge in [0.15, 0.2) is 0 Å². The number of hydrogen-bond acceptors (Lipinski definition) is 3. The van der Waals surface area contributed by atoms with Crippen LogP contribution in [0.3, 0.4) is 0 Å². The lowest BCUT2D eigenvalue weighted by Gasteiger charge is -2.37. The standard InChI is InChI=1S/C8H15NO3.C2H6/c1-8(12)3-6(7(10)11)4-9(2)5-8;1-2/h6,12H,3-5H2,1-2H3,(H,10,11);1-2H3. The van der Waals surface area contributed by atoms with E-state index < -0.39 is 17.5 Å². The molecule has 2 N–H and O–H groups in total. The Labute approximate surface area is 85.5 Å². The molecule has 1 fully saturated rings. The largest absolute Gasteiger partial charge is 0.481 e. The van der Waals surface area contributed by atoms with Crippen molar-refractivity contribution in [3.8, 4) is 0 Å². The van der Waals surface area contributed by atoms with Crippen molar-refractivity contribution in [2.75, 3.05) is 20.1 Å². The average Bonchev–Trinajstić information content (AvgIpc) is 2.04. The maximum Gasteiger partial charge on any atom is 0.307 e. The number of piperidine rings is 1. The van der Waals surface area contributed by atoms with Crippen LogP contribution in [-0.4, -0.2) is 46.8 Å². The fraction of sp³-hybridized carbons (Fsp3) is 0.900. The van der Waals surface area contributed by atoms with E-state index in [0.29, 0.717) is 19.5 Å². The predicted molar refractivity (Wildman–Crippen MR) is 55.2 cm³/mol. The summed E-state index contributed by atoms with van der Waals surface area (Å²) in [6.07, 6.45) is 0.354. The number of rotatable bonds is 1. The van der Waals surface area contributed by atoms with Crippen LogP contribution in [0.15, 0.2) is 0 Å². The van der Waals surface area contributed by atoms with Crippen LogP contribution in [-0.2, 0) is 4.79 Å². The highest BCUT2D eigenvalue weighted by Gasteiger charge is 2.36. The zero-order valence-corrected chi connectivity index (χ0v) is 9.45. The number of hydrogen-bond donors (Lipinski definition) is 2. The Morgan fingerprint density at radius 1 is 1.50 bits per heavy atom. The van der Waals surface area contributed by atoms with E-state index >= 15 is 0 Å². The van der Waals surface area contributed by atoms with Gasteiger partial charge in [0.2, 0.25) is 0 Å². The zero-order chi connectivity index (χ0) is 11.4. The molecule has 4 nitrogen and oxygen atoms in total. The van der Waals surface area contributed by atoms with E-state index in [-0.39, 0.29) is 0 Å². The van der Waals surface area contributed by atoms with E-state index in [4.69, 9.17) is 5.11 Å². The molecule has 84 valence electrons. The summed E-state index contributed by atoms with van der Waals surface area (Å²) >= 11 is 0. The first-order valence-corrected chi connectivity index (χ1v) is 5.04. The normalized spacial score (nSPS) is 33.1. The molecule has 0 amide bonds. The molecule has 0 radical (unpaired) electrons. The summed E-state index contributed by atoms with van der Waals surface area (Å²) in [6, 6.07) is 0. The number of nitrogens with zero attached hydrogens (tertiary/aromatic N) is 1. The third-order valence-electron chi connectivity index (χ3n) is 2.18. The molecule has 1 rings (SSSR count). The Bertz CT molecular complexity index is 192. The number of carbonyl (C=O) groups is 1. The molecule has 1 aliphatic rings. The van der Waals surface area contributed by atoms with E-state index in [9.17, 15) is 9.90 Å². The van der Waals surface area contributed by atoms with Crippen LogP contribution in [0.25, 0.3) is 0 Å². The van der Waals surface area contributed by atoms with Gasteiger partial charge in [-0.1, -0.05) is 13.8 Å². The monoisotopic (exact) mass is 203 g/mol. The third-order valence-corrected chi connectivity index (χ3v) is 2.18. The first kappa shape index (κ1) is 13.4. The lowest BCUT2D eigenvalue weighted by molar-refractivity contribution is -0.148. The fourth-order valence-electron chi connectivity index (χ4n) is 1.85. The van der Waals surface area contributed by atoms with Gasteiger partial charge in [0, 0.05) is 13.1 Å². The van der Waals surface area contributed by atoms with Crippen molar-refractivity contribution in [1.29, 1.82) is 0 Å². The molecule has 1 aliphatic heterocycles. The van der Waals surface area contributed by atoms with Crippen LogP contribution in [0.1, 0.15) is 27.2 Å². The molecule has 0 aromatic carbocycles. The van der Waals surface area contributed by atoms with Crippen molar-refractivity contribution in [1.82, 2.24) is 4.90 Å². The van der Waals surface area contributed by atoms with Crippen LogP contribution in [0.2, 0.25) is 0 Å². The van der Waals surface area contributed by atoms with Crippen LogP contribution in [0.4, 0.5) is 0 Å². The van der Waals surface area contributed by atoms with E-state index in [1.807, 2.05) is 25.8 Å². The van der Waals surface area contributed by atoms with Gasteiger partial charge >= 0.3 is 5.97 Å². The van der Waals surface area contributed by atoms with E-state index in [1.165, 1.54) is 0 Å². The molecule has 0 aliphatic carbocycles. The van der Waals surface area contributed by atoms with Gasteiger partial charge in [0.25, 0.3) is 0 Å². The second-order valence-electron chi connectivity index (χ2n) is 3.93.